The molecule has 0 unspecified atom stereocenters. The van der Waals surface area contributed by atoms with E-state index in [0.717, 1.165) is 37.4 Å². The standard InChI is InChI=1S/C19H23N3O3.2C2HF3O2/c23-19-17-5-7-21(13-16-4-2-9-24-16)14-18(17)25-10-8-22(19)12-15-3-1-6-20-11-15;2*3-2(4,5)1(6)7/h1-4,6,9,11,17-18H,5,7-8,10,12-14H2;2*(H,6,7)/t17-,18+;;/m1../s1. The first-order chi connectivity index (χ1) is 18.2. The molecule has 2 atom stereocenters. The van der Waals surface area contributed by atoms with Gasteiger partial charge < -0.3 is 24.3 Å². The van der Waals surface area contributed by atoms with Gasteiger partial charge in [-0.3, -0.25) is 14.7 Å². The average molecular weight is 569 g/mol. The fourth-order valence-electron chi connectivity index (χ4n) is 3.73. The fraction of sp³-hybridized carbons (Fsp3) is 0.478. The molecule has 0 bridgehead atoms. The van der Waals surface area contributed by atoms with E-state index in [0.29, 0.717) is 19.7 Å². The van der Waals surface area contributed by atoms with E-state index in [-0.39, 0.29) is 17.9 Å². The third-order valence-electron chi connectivity index (χ3n) is 5.51. The van der Waals surface area contributed by atoms with Crippen LogP contribution in [0.5, 0.6) is 0 Å². The van der Waals surface area contributed by atoms with Crippen molar-refractivity contribution in [2.75, 3.05) is 26.2 Å². The van der Waals surface area contributed by atoms with Gasteiger partial charge in [0.05, 0.1) is 31.4 Å². The Morgan fingerprint density at radius 3 is 2.15 bits per heavy atom. The van der Waals surface area contributed by atoms with Crippen molar-refractivity contribution >= 4 is 17.8 Å². The second-order valence-electron chi connectivity index (χ2n) is 8.35. The summed E-state index contributed by atoms with van der Waals surface area (Å²) in [5.41, 5.74) is 1.06. The molecule has 2 saturated heterocycles. The molecule has 0 spiro atoms. The number of fused-ring (bicyclic) bond motifs is 1. The van der Waals surface area contributed by atoms with Gasteiger partial charge in [-0.15, -0.1) is 0 Å². The van der Waals surface area contributed by atoms with Gasteiger partial charge in [0, 0.05) is 32.0 Å². The first-order valence-corrected chi connectivity index (χ1v) is 11.3. The third kappa shape index (κ3) is 10.6. The van der Waals surface area contributed by atoms with Crippen LogP contribution in [0.3, 0.4) is 0 Å². The van der Waals surface area contributed by atoms with E-state index in [9.17, 15) is 31.1 Å². The summed E-state index contributed by atoms with van der Waals surface area (Å²) in [4.78, 5) is 39.2. The molecule has 0 radical (unpaired) electrons. The Morgan fingerprint density at radius 2 is 1.64 bits per heavy atom. The van der Waals surface area contributed by atoms with Gasteiger partial charge in [0.2, 0.25) is 5.91 Å². The van der Waals surface area contributed by atoms with Gasteiger partial charge in [-0.05, 0) is 36.7 Å². The topological polar surface area (TPSA) is 133 Å². The van der Waals surface area contributed by atoms with Crippen LogP contribution < -0.4 is 0 Å². The number of carboxylic acid groups (broad SMARTS) is 2. The first-order valence-electron chi connectivity index (χ1n) is 11.3. The van der Waals surface area contributed by atoms with E-state index in [4.69, 9.17) is 29.0 Å². The molecule has 16 heteroatoms. The van der Waals surface area contributed by atoms with Crippen LogP contribution in [0.2, 0.25) is 0 Å². The minimum Gasteiger partial charge on any atom is -0.475 e. The molecule has 2 N–H and O–H groups in total. The number of amides is 1. The summed E-state index contributed by atoms with van der Waals surface area (Å²) in [6.45, 7) is 4.26. The van der Waals surface area contributed by atoms with Crippen LogP contribution in [0, 0.1) is 5.92 Å². The van der Waals surface area contributed by atoms with Gasteiger partial charge in [0.15, 0.2) is 0 Å². The molecule has 2 aromatic rings. The number of nitrogens with zero attached hydrogens (tertiary/aromatic N) is 3. The number of hydrogen-bond acceptors (Lipinski definition) is 7. The van der Waals surface area contributed by atoms with Gasteiger partial charge in [0.1, 0.15) is 5.76 Å². The van der Waals surface area contributed by atoms with Gasteiger partial charge in [-0.1, -0.05) is 6.07 Å². The highest BCUT2D eigenvalue weighted by molar-refractivity contribution is 5.80. The number of carbonyl (C=O) groups is 3. The highest BCUT2D eigenvalue weighted by Gasteiger charge is 2.40. The largest absolute Gasteiger partial charge is 0.490 e. The first kappa shape index (κ1) is 31.6. The zero-order valence-corrected chi connectivity index (χ0v) is 20.2. The summed E-state index contributed by atoms with van der Waals surface area (Å²) in [5, 5.41) is 14.2. The minimum atomic E-state index is -5.08. The lowest BCUT2D eigenvalue weighted by Crippen LogP contribution is -2.48. The van der Waals surface area contributed by atoms with E-state index in [1.165, 1.54) is 0 Å². The SMILES string of the molecule is O=C(O)C(F)(F)F.O=C(O)C(F)(F)F.O=C1[C@@H]2CCN(Cc3ccco3)C[C@@H]2OCCN1Cc1cccnc1. The lowest BCUT2D eigenvalue weighted by molar-refractivity contribution is -0.193. The van der Waals surface area contributed by atoms with Gasteiger partial charge in [-0.2, -0.15) is 26.3 Å². The van der Waals surface area contributed by atoms with Crippen molar-refractivity contribution in [3.05, 3.63) is 54.2 Å². The molecule has 39 heavy (non-hydrogen) atoms. The quantitative estimate of drug-likeness (QED) is 0.533. The summed E-state index contributed by atoms with van der Waals surface area (Å²) in [7, 11) is 0. The number of rotatable bonds is 4. The zero-order valence-electron chi connectivity index (χ0n) is 20.2. The summed E-state index contributed by atoms with van der Waals surface area (Å²) in [5.74, 6) is -4.40. The normalized spacial score (nSPS) is 19.9. The lowest BCUT2D eigenvalue weighted by atomic mass is 9.92. The van der Waals surface area contributed by atoms with Crippen molar-refractivity contribution in [1.82, 2.24) is 14.8 Å². The number of aromatic nitrogens is 1. The van der Waals surface area contributed by atoms with E-state index in [2.05, 4.69) is 9.88 Å². The highest BCUT2D eigenvalue weighted by Crippen LogP contribution is 2.27. The Bertz CT molecular complexity index is 1040. The number of carbonyl (C=O) groups excluding carboxylic acids is 1. The van der Waals surface area contributed by atoms with Crippen molar-refractivity contribution in [3.63, 3.8) is 0 Å². The number of ether oxygens (including phenoxy) is 1. The van der Waals surface area contributed by atoms with E-state index < -0.39 is 24.3 Å². The Kier molecular flexibility index (Phi) is 11.3. The molecule has 0 aromatic carbocycles. The van der Waals surface area contributed by atoms with Crippen molar-refractivity contribution in [3.8, 4) is 0 Å². The molecule has 0 saturated carbocycles. The number of alkyl halides is 6. The molecular formula is C23H25F6N3O7. The summed E-state index contributed by atoms with van der Waals surface area (Å²) >= 11 is 0. The Morgan fingerprint density at radius 1 is 1.00 bits per heavy atom. The molecule has 0 aliphatic carbocycles. The molecule has 216 valence electrons. The third-order valence-corrected chi connectivity index (χ3v) is 5.51. The zero-order chi connectivity index (χ0) is 29.2. The molecule has 1 amide bonds. The number of piperidine rings is 1. The number of halogens is 6. The van der Waals surface area contributed by atoms with Crippen molar-refractivity contribution in [1.29, 1.82) is 0 Å². The van der Waals surface area contributed by atoms with Crippen LogP contribution in [0.4, 0.5) is 26.3 Å². The predicted octanol–water partition coefficient (Wildman–Crippen LogP) is 3.19. The van der Waals surface area contributed by atoms with Crippen LogP contribution in [0.1, 0.15) is 17.7 Å². The summed E-state index contributed by atoms with van der Waals surface area (Å²) in [6.07, 6.45) is -4.10. The second kappa shape index (κ2) is 13.9. The Labute approximate surface area is 217 Å². The molecule has 2 fully saturated rings. The predicted molar refractivity (Wildman–Crippen MR) is 119 cm³/mol. The molecule has 2 aromatic heterocycles. The minimum absolute atomic E-state index is 0.0323. The van der Waals surface area contributed by atoms with E-state index in [1.54, 1.807) is 12.5 Å². The van der Waals surface area contributed by atoms with Gasteiger partial charge >= 0.3 is 24.3 Å². The van der Waals surface area contributed by atoms with Gasteiger partial charge in [0.25, 0.3) is 0 Å². The fourth-order valence-corrected chi connectivity index (χ4v) is 3.73. The Hall–Kier alpha value is -3.66. The number of furan rings is 1. The highest BCUT2D eigenvalue weighted by atomic mass is 19.4. The van der Waals surface area contributed by atoms with Crippen LogP contribution in [0.15, 0.2) is 47.3 Å². The van der Waals surface area contributed by atoms with Crippen molar-refractivity contribution < 1.29 is 60.1 Å². The molecule has 10 nitrogen and oxygen atoms in total. The van der Waals surface area contributed by atoms with Crippen LogP contribution in [-0.4, -0.2) is 87.5 Å². The van der Waals surface area contributed by atoms with Crippen LogP contribution in [0.25, 0.3) is 0 Å². The number of carboxylic acids is 2. The molecule has 4 rings (SSSR count). The number of aliphatic carboxylic acids is 2. The van der Waals surface area contributed by atoms with Crippen molar-refractivity contribution in [2.24, 2.45) is 5.92 Å². The maximum Gasteiger partial charge on any atom is 0.490 e. The van der Waals surface area contributed by atoms with Crippen molar-refractivity contribution in [2.45, 2.75) is 38.0 Å². The van der Waals surface area contributed by atoms with Crippen LogP contribution >= 0.6 is 0 Å². The number of likely N-dealkylation sites (tertiary alicyclic amines) is 1. The molecule has 2 aliphatic rings. The summed E-state index contributed by atoms with van der Waals surface area (Å²) < 4.78 is 75.0. The van der Waals surface area contributed by atoms with Gasteiger partial charge in [-0.25, -0.2) is 9.59 Å². The maximum atomic E-state index is 13.0. The number of pyridine rings is 1. The summed E-state index contributed by atoms with van der Waals surface area (Å²) in [6, 6.07) is 7.81. The molecule has 2 aliphatic heterocycles. The Balaban J connectivity index is 0.000000317. The van der Waals surface area contributed by atoms with Crippen LogP contribution in [-0.2, 0) is 32.2 Å². The molecular weight excluding hydrogens is 544 g/mol. The average Bonchev–Trinajstić information content (AvgIpc) is 3.31. The van der Waals surface area contributed by atoms with E-state index >= 15 is 0 Å². The van der Waals surface area contributed by atoms with E-state index in [1.807, 2.05) is 35.4 Å². The maximum absolute atomic E-state index is 13.0. The monoisotopic (exact) mass is 569 g/mol. The number of hydrogen-bond donors (Lipinski definition) is 2. The molecule has 4 heterocycles. The smallest absolute Gasteiger partial charge is 0.475 e. The lowest BCUT2D eigenvalue weighted by Gasteiger charge is -2.36. The second-order valence-corrected chi connectivity index (χ2v) is 8.35.